The maximum absolute atomic E-state index is 11.7. The number of rotatable bonds is 7. The van der Waals surface area contributed by atoms with Crippen molar-refractivity contribution in [3.8, 4) is 0 Å². The molecule has 0 radical (unpaired) electrons. The van der Waals surface area contributed by atoms with Crippen LogP contribution >= 0.6 is 0 Å². The third kappa shape index (κ3) is 6.51. The minimum atomic E-state index is -1.13. The summed E-state index contributed by atoms with van der Waals surface area (Å²) >= 11 is 0. The molecule has 0 heterocycles. The minimum absolute atomic E-state index is 0.246. The van der Waals surface area contributed by atoms with Gasteiger partial charge in [-0.05, 0) is 12.3 Å². The van der Waals surface area contributed by atoms with Crippen LogP contribution < -0.4 is 16.4 Å². The van der Waals surface area contributed by atoms with E-state index in [0.29, 0.717) is 12.3 Å². The van der Waals surface area contributed by atoms with Crippen LogP contribution in [0.3, 0.4) is 0 Å². The Hall–Kier alpha value is -1.63. The normalized spacial score (nSPS) is 17.2. The van der Waals surface area contributed by atoms with E-state index in [2.05, 4.69) is 10.6 Å². The average molecular weight is 285 g/mol. The molecule has 0 aliphatic heterocycles. The Morgan fingerprint density at radius 2 is 1.75 bits per heavy atom. The first kappa shape index (κ1) is 16.4. The van der Waals surface area contributed by atoms with E-state index in [4.69, 9.17) is 10.8 Å². The summed E-state index contributed by atoms with van der Waals surface area (Å²) in [7, 11) is 0. The molecule has 0 aromatic rings. The summed E-state index contributed by atoms with van der Waals surface area (Å²) < 4.78 is 0. The fourth-order valence-electron chi connectivity index (χ4n) is 2.42. The Morgan fingerprint density at radius 1 is 1.10 bits per heavy atom. The largest absolute Gasteiger partial charge is 0.480 e. The Labute approximate surface area is 118 Å². The molecule has 7 heteroatoms. The number of carbonyl (C=O) groups excluding carboxylic acids is 2. The predicted molar refractivity (Wildman–Crippen MR) is 72.8 cm³/mol. The Bertz CT molecular complexity index is 354. The zero-order chi connectivity index (χ0) is 15.0. The van der Waals surface area contributed by atoms with Crippen LogP contribution in [0.25, 0.3) is 0 Å². The smallest absolute Gasteiger partial charge is 0.322 e. The summed E-state index contributed by atoms with van der Waals surface area (Å²) in [5.41, 5.74) is 5.82. The molecule has 1 aliphatic rings. The van der Waals surface area contributed by atoms with Crippen LogP contribution in [0.5, 0.6) is 0 Å². The summed E-state index contributed by atoms with van der Waals surface area (Å²) in [6.07, 6.45) is 6.50. The molecule has 0 aromatic carbocycles. The highest BCUT2D eigenvalue weighted by Crippen LogP contribution is 2.26. The molecule has 0 unspecified atom stereocenters. The topological polar surface area (TPSA) is 122 Å². The number of nitrogens with one attached hydrogen (secondary N) is 2. The summed E-state index contributed by atoms with van der Waals surface area (Å²) in [6.45, 7) is -0.701. The van der Waals surface area contributed by atoms with E-state index >= 15 is 0 Å². The summed E-state index contributed by atoms with van der Waals surface area (Å²) in [5, 5.41) is 13.0. The standard InChI is InChI=1S/C13H23N3O4/c14-10(6-9-4-2-1-3-5-9)13(20)16-7-11(17)15-8-12(18)19/h9-10H,1-8,14H2,(H,15,17)(H,16,20)(H,18,19)/t10-/m0/s1. The quantitative estimate of drug-likeness (QED) is 0.507. The number of amides is 2. The lowest BCUT2D eigenvalue weighted by atomic mass is 9.85. The number of carboxylic acid groups (broad SMARTS) is 1. The van der Waals surface area contributed by atoms with Crippen molar-refractivity contribution < 1.29 is 19.5 Å². The van der Waals surface area contributed by atoms with Crippen LogP contribution in [0.1, 0.15) is 38.5 Å². The molecule has 114 valence electrons. The van der Waals surface area contributed by atoms with Gasteiger partial charge in [0.15, 0.2) is 0 Å². The van der Waals surface area contributed by atoms with Crippen LogP contribution in [-0.2, 0) is 14.4 Å². The second kappa shape index (κ2) is 8.52. The van der Waals surface area contributed by atoms with Crippen LogP contribution in [0.15, 0.2) is 0 Å². The van der Waals surface area contributed by atoms with Crippen molar-refractivity contribution in [2.45, 2.75) is 44.6 Å². The first-order valence-electron chi connectivity index (χ1n) is 7.01. The third-order valence-corrected chi connectivity index (χ3v) is 3.51. The Balaban J connectivity index is 2.20. The molecule has 1 fully saturated rings. The Kier molecular flexibility index (Phi) is 7.00. The Morgan fingerprint density at radius 3 is 2.35 bits per heavy atom. The maximum Gasteiger partial charge on any atom is 0.322 e. The van der Waals surface area contributed by atoms with E-state index in [1.165, 1.54) is 19.3 Å². The van der Waals surface area contributed by atoms with Gasteiger partial charge in [0.2, 0.25) is 11.8 Å². The van der Waals surface area contributed by atoms with Gasteiger partial charge in [-0.2, -0.15) is 0 Å². The van der Waals surface area contributed by atoms with Crippen molar-refractivity contribution in [2.24, 2.45) is 11.7 Å². The predicted octanol–water partition coefficient (Wildman–Crippen LogP) is -0.399. The van der Waals surface area contributed by atoms with E-state index < -0.39 is 24.5 Å². The molecule has 0 bridgehead atoms. The second-order valence-electron chi connectivity index (χ2n) is 5.23. The number of carboxylic acids is 1. The summed E-state index contributed by atoms with van der Waals surface area (Å²) in [6, 6.07) is -0.606. The van der Waals surface area contributed by atoms with Gasteiger partial charge >= 0.3 is 5.97 Å². The fraction of sp³-hybridized carbons (Fsp3) is 0.769. The monoisotopic (exact) mass is 285 g/mol. The summed E-state index contributed by atoms with van der Waals surface area (Å²) in [5.74, 6) is -1.53. The molecule has 1 aliphatic carbocycles. The molecule has 5 N–H and O–H groups in total. The van der Waals surface area contributed by atoms with Gasteiger partial charge in [-0.3, -0.25) is 14.4 Å². The SMILES string of the molecule is N[C@@H](CC1CCCCC1)C(=O)NCC(=O)NCC(=O)O. The number of hydrogen-bond donors (Lipinski definition) is 4. The zero-order valence-electron chi connectivity index (χ0n) is 11.6. The van der Waals surface area contributed by atoms with Crippen molar-refractivity contribution in [2.75, 3.05) is 13.1 Å². The van der Waals surface area contributed by atoms with E-state index in [0.717, 1.165) is 12.8 Å². The van der Waals surface area contributed by atoms with Gasteiger partial charge in [0.05, 0.1) is 12.6 Å². The molecular weight excluding hydrogens is 262 g/mol. The van der Waals surface area contributed by atoms with Crippen molar-refractivity contribution in [1.29, 1.82) is 0 Å². The van der Waals surface area contributed by atoms with E-state index in [1.807, 2.05) is 0 Å². The molecule has 0 spiro atoms. The van der Waals surface area contributed by atoms with Crippen molar-refractivity contribution in [1.82, 2.24) is 10.6 Å². The van der Waals surface area contributed by atoms with E-state index in [-0.39, 0.29) is 12.5 Å². The molecular formula is C13H23N3O4. The first-order valence-corrected chi connectivity index (χ1v) is 7.01. The van der Waals surface area contributed by atoms with Crippen molar-refractivity contribution in [3.05, 3.63) is 0 Å². The van der Waals surface area contributed by atoms with E-state index in [1.54, 1.807) is 0 Å². The van der Waals surface area contributed by atoms with Gasteiger partial charge in [-0.15, -0.1) is 0 Å². The zero-order valence-corrected chi connectivity index (χ0v) is 11.6. The van der Waals surface area contributed by atoms with Crippen LogP contribution in [0.4, 0.5) is 0 Å². The molecule has 7 nitrogen and oxygen atoms in total. The number of hydrogen-bond acceptors (Lipinski definition) is 4. The fourth-order valence-corrected chi connectivity index (χ4v) is 2.42. The lowest BCUT2D eigenvalue weighted by Gasteiger charge is -2.24. The molecule has 0 aromatic heterocycles. The maximum atomic E-state index is 11.7. The molecule has 2 amide bonds. The van der Waals surface area contributed by atoms with Crippen LogP contribution in [0.2, 0.25) is 0 Å². The van der Waals surface area contributed by atoms with Gasteiger partial charge < -0.3 is 21.5 Å². The lowest BCUT2D eigenvalue weighted by Crippen LogP contribution is -2.46. The van der Waals surface area contributed by atoms with E-state index in [9.17, 15) is 14.4 Å². The highest BCUT2D eigenvalue weighted by Gasteiger charge is 2.21. The highest BCUT2D eigenvalue weighted by molar-refractivity contribution is 5.88. The second-order valence-corrected chi connectivity index (χ2v) is 5.23. The van der Waals surface area contributed by atoms with Gasteiger partial charge in [-0.25, -0.2) is 0 Å². The summed E-state index contributed by atoms with van der Waals surface area (Å²) in [4.78, 5) is 33.2. The third-order valence-electron chi connectivity index (χ3n) is 3.51. The number of aliphatic carboxylic acids is 1. The molecule has 20 heavy (non-hydrogen) atoms. The van der Waals surface area contributed by atoms with Gasteiger partial charge in [0, 0.05) is 0 Å². The highest BCUT2D eigenvalue weighted by atomic mass is 16.4. The first-order chi connectivity index (χ1) is 9.49. The minimum Gasteiger partial charge on any atom is -0.480 e. The van der Waals surface area contributed by atoms with Crippen LogP contribution in [-0.4, -0.2) is 42.0 Å². The van der Waals surface area contributed by atoms with Crippen molar-refractivity contribution in [3.63, 3.8) is 0 Å². The molecule has 1 atom stereocenters. The average Bonchev–Trinajstić information content (AvgIpc) is 2.43. The molecule has 1 rings (SSSR count). The molecule has 0 saturated heterocycles. The lowest BCUT2D eigenvalue weighted by molar-refractivity contribution is -0.137. The number of carbonyl (C=O) groups is 3. The van der Waals surface area contributed by atoms with Crippen LogP contribution in [0, 0.1) is 5.92 Å². The molecule has 1 saturated carbocycles. The number of nitrogens with two attached hydrogens (primary N) is 1. The van der Waals surface area contributed by atoms with Gasteiger partial charge in [0.1, 0.15) is 6.54 Å². The van der Waals surface area contributed by atoms with Gasteiger partial charge in [0.25, 0.3) is 0 Å². The van der Waals surface area contributed by atoms with Gasteiger partial charge in [-0.1, -0.05) is 32.1 Å². The van der Waals surface area contributed by atoms with Crippen molar-refractivity contribution >= 4 is 17.8 Å².